The van der Waals surface area contributed by atoms with Gasteiger partial charge in [0.1, 0.15) is 11.6 Å². The Morgan fingerprint density at radius 3 is 2.79 bits per heavy atom. The van der Waals surface area contributed by atoms with Crippen molar-refractivity contribution in [3.05, 3.63) is 62.7 Å². The van der Waals surface area contributed by atoms with E-state index in [0.29, 0.717) is 40.6 Å². The van der Waals surface area contributed by atoms with Crippen molar-refractivity contribution in [2.75, 3.05) is 5.32 Å². The number of aromatic nitrogens is 3. The maximum absolute atomic E-state index is 12.2. The lowest BCUT2D eigenvalue weighted by molar-refractivity contribution is 0.825. The van der Waals surface area contributed by atoms with Crippen LogP contribution in [0.5, 0.6) is 0 Å². The highest BCUT2D eigenvalue weighted by molar-refractivity contribution is 6.30. The lowest BCUT2D eigenvalue weighted by Gasteiger charge is -2.04. The largest absolute Gasteiger partial charge is 0.379 e. The Kier molecular flexibility index (Phi) is 4.54. The Balaban J connectivity index is 1.96. The fraction of sp³-hybridized carbons (Fsp3) is 0.235. The summed E-state index contributed by atoms with van der Waals surface area (Å²) in [5.74, 6) is 0. The van der Waals surface area contributed by atoms with Gasteiger partial charge in [0.15, 0.2) is 5.65 Å². The number of rotatable bonds is 5. The fourth-order valence-corrected chi connectivity index (χ4v) is 2.65. The summed E-state index contributed by atoms with van der Waals surface area (Å²) in [5, 5.41) is 16.3. The molecule has 3 aromatic rings. The number of H-pyrrole nitrogens is 1. The van der Waals surface area contributed by atoms with Crippen LogP contribution < -0.4 is 10.9 Å². The Hall–Kier alpha value is -2.78. The molecule has 0 fully saturated rings. The maximum Gasteiger partial charge on any atom is 0.272 e. The van der Waals surface area contributed by atoms with E-state index in [1.165, 1.54) is 10.6 Å². The van der Waals surface area contributed by atoms with Crippen molar-refractivity contribution in [3.63, 3.8) is 0 Å². The molecule has 0 radical (unpaired) electrons. The number of nitriles is 1. The quantitative estimate of drug-likeness (QED) is 0.746. The first-order valence-corrected chi connectivity index (χ1v) is 8.03. The molecule has 2 N–H and O–H groups in total. The van der Waals surface area contributed by atoms with E-state index in [9.17, 15) is 10.1 Å². The monoisotopic (exact) mass is 341 g/mol. The third-order valence-corrected chi connectivity index (χ3v) is 3.93. The number of anilines is 1. The normalized spacial score (nSPS) is 10.7. The van der Waals surface area contributed by atoms with E-state index in [1.54, 1.807) is 12.1 Å². The Morgan fingerprint density at radius 1 is 1.38 bits per heavy atom. The first kappa shape index (κ1) is 16.1. The molecule has 2 aromatic heterocycles. The minimum Gasteiger partial charge on any atom is -0.379 e. The maximum atomic E-state index is 12.2. The molecule has 0 amide bonds. The standard InChI is InChI=1S/C17H16ClN5O/c1-2-3-13-8-16(24)23-17(21-13)14(9-19)15(22-23)10-20-12-6-4-11(18)5-7-12/h4-8,20,22H,2-3,10H2,1H3. The van der Waals surface area contributed by atoms with Crippen molar-refractivity contribution in [1.29, 1.82) is 5.26 Å². The summed E-state index contributed by atoms with van der Waals surface area (Å²) in [6.45, 7) is 2.39. The van der Waals surface area contributed by atoms with E-state index < -0.39 is 0 Å². The van der Waals surface area contributed by atoms with Crippen LogP contribution in [0.25, 0.3) is 5.65 Å². The number of fused-ring (bicyclic) bond motifs is 1. The molecule has 0 saturated carbocycles. The van der Waals surface area contributed by atoms with Crippen molar-refractivity contribution in [1.82, 2.24) is 14.6 Å². The number of hydrogen-bond donors (Lipinski definition) is 2. The predicted molar refractivity (Wildman–Crippen MR) is 93.3 cm³/mol. The first-order valence-electron chi connectivity index (χ1n) is 7.65. The molecule has 3 rings (SSSR count). The minimum absolute atomic E-state index is 0.210. The molecule has 0 saturated heterocycles. The zero-order valence-corrected chi connectivity index (χ0v) is 13.9. The molecule has 0 unspecified atom stereocenters. The molecule has 0 aliphatic rings. The predicted octanol–water partition coefficient (Wildman–Crippen LogP) is 3.11. The number of nitrogens with one attached hydrogen (secondary N) is 2. The number of aromatic amines is 1. The number of aryl methyl sites for hydroxylation is 1. The minimum atomic E-state index is -0.210. The average Bonchev–Trinajstić information content (AvgIpc) is 2.93. The van der Waals surface area contributed by atoms with Gasteiger partial charge in [-0.15, -0.1) is 0 Å². The number of hydrogen-bond acceptors (Lipinski definition) is 4. The molecule has 1 aromatic carbocycles. The van der Waals surface area contributed by atoms with Crippen LogP contribution in [0, 0.1) is 11.3 Å². The Labute approximate surface area is 143 Å². The zero-order chi connectivity index (χ0) is 17.1. The van der Waals surface area contributed by atoms with Gasteiger partial charge in [-0.25, -0.2) is 4.98 Å². The van der Waals surface area contributed by atoms with Gasteiger partial charge in [-0.2, -0.15) is 9.78 Å². The van der Waals surface area contributed by atoms with Crippen LogP contribution in [0.15, 0.2) is 35.1 Å². The van der Waals surface area contributed by atoms with Gasteiger partial charge >= 0.3 is 0 Å². The van der Waals surface area contributed by atoms with Gasteiger partial charge in [0, 0.05) is 22.5 Å². The summed E-state index contributed by atoms with van der Waals surface area (Å²) in [5.41, 5.74) is 2.74. The Bertz CT molecular complexity index is 966. The first-order chi connectivity index (χ1) is 11.6. The SMILES string of the molecule is CCCc1cc(=O)n2[nH]c(CNc3ccc(Cl)cc3)c(C#N)c2n1. The molecule has 0 bridgehead atoms. The Morgan fingerprint density at radius 2 is 2.12 bits per heavy atom. The summed E-state index contributed by atoms with van der Waals surface area (Å²) >= 11 is 5.86. The van der Waals surface area contributed by atoms with Crippen molar-refractivity contribution in [2.24, 2.45) is 0 Å². The summed E-state index contributed by atoms with van der Waals surface area (Å²) in [7, 11) is 0. The number of halogens is 1. The second kappa shape index (κ2) is 6.77. The topological polar surface area (TPSA) is 86.0 Å². The van der Waals surface area contributed by atoms with Crippen LogP contribution in [-0.4, -0.2) is 14.6 Å². The zero-order valence-electron chi connectivity index (χ0n) is 13.1. The summed E-state index contributed by atoms with van der Waals surface area (Å²) < 4.78 is 1.32. The summed E-state index contributed by atoms with van der Waals surface area (Å²) in [6, 6.07) is 10.9. The second-order valence-electron chi connectivity index (χ2n) is 5.43. The molecule has 0 atom stereocenters. The van der Waals surface area contributed by atoms with Crippen molar-refractivity contribution in [3.8, 4) is 6.07 Å². The van der Waals surface area contributed by atoms with Crippen molar-refractivity contribution < 1.29 is 0 Å². The van der Waals surface area contributed by atoms with Crippen LogP contribution in [0.4, 0.5) is 5.69 Å². The third-order valence-electron chi connectivity index (χ3n) is 3.68. The van der Waals surface area contributed by atoms with Gasteiger partial charge in [-0.3, -0.25) is 9.89 Å². The number of benzene rings is 1. The molecule has 24 heavy (non-hydrogen) atoms. The van der Waals surface area contributed by atoms with Crippen molar-refractivity contribution in [2.45, 2.75) is 26.3 Å². The van der Waals surface area contributed by atoms with Gasteiger partial charge in [-0.1, -0.05) is 24.9 Å². The van der Waals surface area contributed by atoms with E-state index in [1.807, 2.05) is 19.1 Å². The molecule has 7 heteroatoms. The summed E-state index contributed by atoms with van der Waals surface area (Å²) in [6.07, 6.45) is 1.60. The van der Waals surface area contributed by atoms with Crippen LogP contribution in [0.3, 0.4) is 0 Å². The molecule has 2 heterocycles. The summed E-state index contributed by atoms with van der Waals surface area (Å²) in [4.78, 5) is 16.7. The number of nitrogens with zero attached hydrogens (tertiary/aromatic N) is 3. The molecule has 0 aliphatic heterocycles. The average molecular weight is 342 g/mol. The molecular weight excluding hydrogens is 326 g/mol. The molecule has 122 valence electrons. The molecular formula is C17H16ClN5O. The molecule has 0 aliphatic carbocycles. The van der Waals surface area contributed by atoms with Gasteiger partial charge in [0.2, 0.25) is 0 Å². The van der Waals surface area contributed by atoms with E-state index in [0.717, 1.165) is 12.1 Å². The lowest BCUT2D eigenvalue weighted by Crippen LogP contribution is -2.16. The van der Waals surface area contributed by atoms with E-state index in [4.69, 9.17) is 11.6 Å². The van der Waals surface area contributed by atoms with Gasteiger partial charge < -0.3 is 5.32 Å². The van der Waals surface area contributed by atoms with Gasteiger partial charge in [-0.05, 0) is 30.7 Å². The van der Waals surface area contributed by atoms with E-state index in [2.05, 4.69) is 21.5 Å². The fourth-order valence-electron chi connectivity index (χ4n) is 2.52. The van der Waals surface area contributed by atoms with Crippen LogP contribution >= 0.6 is 11.6 Å². The highest BCUT2D eigenvalue weighted by atomic mass is 35.5. The molecule has 0 spiro atoms. The van der Waals surface area contributed by atoms with Crippen LogP contribution in [0.2, 0.25) is 5.02 Å². The highest BCUT2D eigenvalue weighted by Crippen LogP contribution is 2.17. The molecule has 6 nitrogen and oxygen atoms in total. The van der Waals surface area contributed by atoms with Gasteiger partial charge in [0.25, 0.3) is 5.56 Å². The highest BCUT2D eigenvalue weighted by Gasteiger charge is 2.15. The van der Waals surface area contributed by atoms with Gasteiger partial charge in [0.05, 0.1) is 12.2 Å². The van der Waals surface area contributed by atoms with E-state index in [-0.39, 0.29) is 5.56 Å². The lowest BCUT2D eigenvalue weighted by atomic mass is 10.2. The van der Waals surface area contributed by atoms with Crippen LogP contribution in [-0.2, 0) is 13.0 Å². The smallest absolute Gasteiger partial charge is 0.272 e. The van der Waals surface area contributed by atoms with Crippen molar-refractivity contribution >= 4 is 22.9 Å². The van der Waals surface area contributed by atoms with E-state index >= 15 is 0 Å². The second-order valence-corrected chi connectivity index (χ2v) is 5.87. The van der Waals surface area contributed by atoms with Crippen LogP contribution in [0.1, 0.15) is 30.3 Å². The third kappa shape index (κ3) is 3.12.